The third kappa shape index (κ3) is 7.08. The van der Waals surface area contributed by atoms with Crippen molar-refractivity contribution >= 4 is 33.7 Å². The Morgan fingerprint density at radius 2 is 1.69 bits per heavy atom. The molecule has 29 heavy (non-hydrogen) atoms. The molecule has 0 saturated heterocycles. The number of rotatable bonds is 8. The van der Waals surface area contributed by atoms with Crippen LogP contribution < -0.4 is 15.5 Å². The lowest BCUT2D eigenvalue weighted by atomic mass is 10.2. The lowest BCUT2D eigenvalue weighted by Crippen LogP contribution is -2.25. The Hall–Kier alpha value is -3.12. The minimum atomic E-state index is -0.212. The number of aryl methyl sites for hydroxylation is 1. The third-order valence-electron chi connectivity index (χ3n) is 4.11. The van der Waals surface area contributed by atoms with Crippen LogP contribution in [0.1, 0.15) is 16.7 Å². The number of carbonyl (C=O) groups is 1. The summed E-state index contributed by atoms with van der Waals surface area (Å²) in [4.78, 5) is 11.9. The van der Waals surface area contributed by atoms with Crippen LogP contribution in [0.5, 0.6) is 5.75 Å². The van der Waals surface area contributed by atoms with E-state index in [2.05, 4.69) is 31.8 Å². The van der Waals surface area contributed by atoms with Crippen molar-refractivity contribution in [1.82, 2.24) is 5.43 Å². The maximum atomic E-state index is 11.9. The zero-order valence-electron chi connectivity index (χ0n) is 16.1. The molecule has 5 nitrogen and oxygen atoms in total. The number of halogens is 1. The summed E-state index contributed by atoms with van der Waals surface area (Å²) < 4.78 is 6.82. The molecular formula is C23H22BrN3O2. The van der Waals surface area contributed by atoms with Gasteiger partial charge in [0.05, 0.1) is 12.8 Å². The van der Waals surface area contributed by atoms with E-state index in [0.717, 1.165) is 27.0 Å². The molecule has 0 unspecified atom stereocenters. The fourth-order valence-corrected chi connectivity index (χ4v) is 2.73. The molecule has 0 atom stereocenters. The summed E-state index contributed by atoms with van der Waals surface area (Å²) in [6.45, 7) is 2.68. The van der Waals surface area contributed by atoms with Crippen LogP contribution in [0.4, 0.5) is 5.69 Å². The Balaban J connectivity index is 1.41. The van der Waals surface area contributed by atoms with E-state index in [1.165, 1.54) is 5.56 Å². The largest absolute Gasteiger partial charge is 0.489 e. The van der Waals surface area contributed by atoms with Crippen molar-refractivity contribution in [3.8, 4) is 5.75 Å². The van der Waals surface area contributed by atoms with Crippen molar-refractivity contribution in [3.05, 3.63) is 94.0 Å². The second-order valence-corrected chi connectivity index (χ2v) is 7.41. The van der Waals surface area contributed by atoms with Gasteiger partial charge >= 0.3 is 0 Å². The van der Waals surface area contributed by atoms with Gasteiger partial charge in [0.1, 0.15) is 12.4 Å². The first kappa shape index (κ1) is 20.6. The third-order valence-corrected chi connectivity index (χ3v) is 4.64. The van der Waals surface area contributed by atoms with E-state index in [4.69, 9.17) is 4.74 Å². The standard InChI is InChI=1S/C23H22BrN3O2/c1-17-2-10-21(11-3-17)25-15-23(28)27-26-14-18-6-12-22(13-7-18)29-16-19-4-8-20(24)9-5-19/h2-14,25H,15-16H2,1H3,(H,27,28)/b26-14-. The number of nitrogens with zero attached hydrogens (tertiary/aromatic N) is 1. The van der Waals surface area contributed by atoms with E-state index in [9.17, 15) is 4.79 Å². The van der Waals surface area contributed by atoms with Crippen LogP contribution in [-0.4, -0.2) is 18.7 Å². The molecule has 0 saturated carbocycles. The van der Waals surface area contributed by atoms with Gasteiger partial charge in [0, 0.05) is 10.2 Å². The molecule has 3 rings (SSSR count). The van der Waals surface area contributed by atoms with Gasteiger partial charge in [-0.2, -0.15) is 5.10 Å². The molecule has 0 aliphatic heterocycles. The Kier molecular flexibility index (Phi) is 7.41. The summed E-state index contributed by atoms with van der Waals surface area (Å²) in [6, 6.07) is 23.4. The minimum Gasteiger partial charge on any atom is -0.489 e. The number of benzene rings is 3. The quantitative estimate of drug-likeness (QED) is 0.378. The molecule has 0 aromatic heterocycles. The first-order valence-electron chi connectivity index (χ1n) is 9.18. The van der Waals surface area contributed by atoms with Crippen molar-refractivity contribution in [2.45, 2.75) is 13.5 Å². The van der Waals surface area contributed by atoms with E-state index >= 15 is 0 Å². The SMILES string of the molecule is Cc1ccc(NCC(=O)N/N=C\c2ccc(OCc3ccc(Br)cc3)cc2)cc1. The Morgan fingerprint density at radius 1 is 1.00 bits per heavy atom. The van der Waals surface area contributed by atoms with Crippen LogP contribution in [-0.2, 0) is 11.4 Å². The highest BCUT2D eigenvalue weighted by Gasteiger charge is 2.00. The summed E-state index contributed by atoms with van der Waals surface area (Å²) in [6.07, 6.45) is 1.60. The molecule has 148 valence electrons. The second-order valence-electron chi connectivity index (χ2n) is 6.50. The number of hydrogen-bond acceptors (Lipinski definition) is 4. The van der Waals surface area contributed by atoms with Crippen LogP contribution in [0.3, 0.4) is 0 Å². The van der Waals surface area contributed by atoms with Crippen LogP contribution in [0.2, 0.25) is 0 Å². The molecule has 3 aromatic carbocycles. The smallest absolute Gasteiger partial charge is 0.259 e. The van der Waals surface area contributed by atoms with Crippen LogP contribution in [0, 0.1) is 6.92 Å². The lowest BCUT2D eigenvalue weighted by molar-refractivity contribution is -0.119. The van der Waals surface area contributed by atoms with Crippen molar-refractivity contribution < 1.29 is 9.53 Å². The van der Waals surface area contributed by atoms with Crippen molar-refractivity contribution in [1.29, 1.82) is 0 Å². The molecule has 0 spiro atoms. The summed E-state index contributed by atoms with van der Waals surface area (Å²) in [7, 11) is 0. The van der Waals surface area contributed by atoms with Gasteiger partial charge in [-0.15, -0.1) is 0 Å². The summed E-state index contributed by atoms with van der Waals surface area (Å²) in [5.74, 6) is 0.563. The summed E-state index contributed by atoms with van der Waals surface area (Å²) in [5.41, 5.74) is 6.55. The Morgan fingerprint density at radius 3 is 2.38 bits per heavy atom. The number of hydrogen-bond donors (Lipinski definition) is 2. The van der Waals surface area contributed by atoms with Gasteiger partial charge in [0.25, 0.3) is 5.91 Å². The molecule has 2 N–H and O–H groups in total. The van der Waals surface area contributed by atoms with Crippen LogP contribution >= 0.6 is 15.9 Å². The molecule has 0 aliphatic carbocycles. The van der Waals surface area contributed by atoms with E-state index in [1.807, 2.05) is 79.7 Å². The average Bonchev–Trinajstić information content (AvgIpc) is 2.74. The first-order valence-corrected chi connectivity index (χ1v) is 9.97. The fourth-order valence-electron chi connectivity index (χ4n) is 2.47. The number of anilines is 1. The summed E-state index contributed by atoms with van der Waals surface area (Å²) >= 11 is 3.42. The predicted octanol–water partition coefficient (Wildman–Crippen LogP) is 4.90. The second kappa shape index (κ2) is 10.4. The maximum absolute atomic E-state index is 11.9. The van der Waals surface area contributed by atoms with Crippen molar-refractivity contribution in [3.63, 3.8) is 0 Å². The number of hydrazone groups is 1. The van der Waals surface area contributed by atoms with E-state index in [0.29, 0.717) is 6.61 Å². The fraction of sp³-hybridized carbons (Fsp3) is 0.130. The normalized spacial score (nSPS) is 10.7. The van der Waals surface area contributed by atoms with Crippen molar-refractivity contribution in [2.75, 3.05) is 11.9 Å². The van der Waals surface area contributed by atoms with Crippen LogP contribution in [0.15, 0.2) is 82.4 Å². The Bertz CT molecular complexity index is 953. The number of amides is 1. The maximum Gasteiger partial charge on any atom is 0.259 e. The van der Waals surface area contributed by atoms with Gasteiger partial charge in [-0.25, -0.2) is 5.43 Å². The highest BCUT2D eigenvalue weighted by atomic mass is 79.9. The van der Waals surface area contributed by atoms with E-state index in [-0.39, 0.29) is 12.5 Å². The number of nitrogens with one attached hydrogen (secondary N) is 2. The molecule has 1 amide bonds. The summed E-state index contributed by atoms with van der Waals surface area (Å²) in [5, 5.41) is 7.04. The van der Waals surface area contributed by atoms with E-state index < -0.39 is 0 Å². The van der Waals surface area contributed by atoms with Gasteiger partial charge < -0.3 is 10.1 Å². The molecule has 0 heterocycles. The van der Waals surface area contributed by atoms with Crippen molar-refractivity contribution in [2.24, 2.45) is 5.10 Å². The minimum absolute atomic E-state index is 0.156. The molecule has 3 aromatic rings. The lowest BCUT2D eigenvalue weighted by Gasteiger charge is -2.07. The van der Waals surface area contributed by atoms with Gasteiger partial charge in [0.2, 0.25) is 0 Å². The predicted molar refractivity (Wildman–Crippen MR) is 120 cm³/mol. The van der Waals surface area contributed by atoms with Gasteiger partial charge in [-0.3, -0.25) is 4.79 Å². The van der Waals surface area contributed by atoms with Gasteiger partial charge in [-0.05, 0) is 66.6 Å². The zero-order chi connectivity index (χ0) is 20.5. The molecule has 0 bridgehead atoms. The monoisotopic (exact) mass is 451 g/mol. The molecule has 0 radical (unpaired) electrons. The number of carbonyl (C=O) groups excluding carboxylic acids is 1. The zero-order valence-corrected chi connectivity index (χ0v) is 17.6. The topological polar surface area (TPSA) is 62.7 Å². The van der Waals surface area contributed by atoms with Gasteiger partial charge in [0.15, 0.2) is 0 Å². The number of ether oxygens (including phenoxy) is 1. The van der Waals surface area contributed by atoms with Gasteiger partial charge in [-0.1, -0.05) is 45.8 Å². The molecule has 0 fully saturated rings. The molecule has 6 heteroatoms. The average molecular weight is 452 g/mol. The Labute approximate surface area is 178 Å². The first-order chi connectivity index (χ1) is 14.1. The highest BCUT2D eigenvalue weighted by molar-refractivity contribution is 9.10. The van der Waals surface area contributed by atoms with E-state index in [1.54, 1.807) is 6.21 Å². The highest BCUT2D eigenvalue weighted by Crippen LogP contribution is 2.15. The molecular weight excluding hydrogens is 430 g/mol. The van der Waals surface area contributed by atoms with Crippen LogP contribution in [0.25, 0.3) is 0 Å². The molecule has 0 aliphatic rings.